The van der Waals surface area contributed by atoms with Gasteiger partial charge >= 0.3 is 0 Å². The second-order valence-corrected chi connectivity index (χ2v) is 7.60. The average molecular weight is 418 g/mol. The molecule has 2 saturated heterocycles. The number of carbonyl (C=O) groups is 2. The van der Waals surface area contributed by atoms with Crippen LogP contribution in [-0.4, -0.2) is 63.9 Å². The summed E-state index contributed by atoms with van der Waals surface area (Å²) in [5, 5.41) is 3.37. The van der Waals surface area contributed by atoms with Gasteiger partial charge in [-0.05, 0) is 25.0 Å². The maximum atomic E-state index is 13.4. The molecule has 2 fully saturated rings. The van der Waals surface area contributed by atoms with Crippen LogP contribution in [0.1, 0.15) is 35.1 Å². The molecule has 2 aromatic rings. The van der Waals surface area contributed by atoms with E-state index in [-0.39, 0.29) is 36.2 Å². The van der Waals surface area contributed by atoms with Crippen LogP contribution in [0.15, 0.2) is 42.7 Å². The molecule has 4 rings (SSSR count). The third kappa shape index (κ3) is 4.46. The lowest BCUT2D eigenvalue weighted by atomic mass is 9.94. The van der Waals surface area contributed by atoms with Gasteiger partial charge in [-0.25, -0.2) is 4.98 Å². The largest absolute Gasteiger partial charge is 0.338 e. The van der Waals surface area contributed by atoms with Crippen LogP contribution in [0.25, 0.3) is 0 Å². The molecule has 0 radical (unpaired) electrons. The summed E-state index contributed by atoms with van der Waals surface area (Å²) in [6.07, 6.45) is 5.36. The highest BCUT2D eigenvalue weighted by Crippen LogP contribution is 2.27. The van der Waals surface area contributed by atoms with Crippen molar-refractivity contribution in [1.29, 1.82) is 0 Å². The van der Waals surface area contributed by atoms with E-state index in [9.17, 15) is 9.59 Å². The third-order valence-electron chi connectivity index (χ3n) is 5.76. The molecule has 2 aliphatic heterocycles. The number of aromatic nitrogens is 2. The molecule has 2 aliphatic rings. The predicted molar refractivity (Wildman–Crippen MR) is 113 cm³/mol. The standard InChI is InChI=1S/C21H27N5O2.ClH/c1-24-12-10-23-19(24)18-14-22-9-13-26(18)21(28)17-8-5-11-25(15-17)20(27)16-6-3-2-4-7-16;/h2-4,6-7,10,12,17-18,22H,5,8-9,11,13-15H2,1H3;1H. The lowest BCUT2D eigenvalue weighted by Gasteiger charge is -2.40. The number of benzene rings is 1. The number of carbonyl (C=O) groups excluding carboxylic acids is 2. The van der Waals surface area contributed by atoms with Crippen molar-refractivity contribution in [2.75, 3.05) is 32.7 Å². The van der Waals surface area contributed by atoms with Crippen LogP contribution in [0.5, 0.6) is 0 Å². The van der Waals surface area contributed by atoms with Crippen molar-refractivity contribution < 1.29 is 9.59 Å². The second kappa shape index (κ2) is 9.41. The Balaban J connectivity index is 0.00000240. The topological polar surface area (TPSA) is 70.5 Å². The zero-order valence-electron chi connectivity index (χ0n) is 16.7. The highest BCUT2D eigenvalue weighted by Gasteiger charge is 2.36. The number of nitrogens with one attached hydrogen (secondary N) is 1. The van der Waals surface area contributed by atoms with Crippen LogP contribution in [-0.2, 0) is 11.8 Å². The fourth-order valence-electron chi connectivity index (χ4n) is 4.26. The molecule has 8 heteroatoms. The molecule has 7 nitrogen and oxygen atoms in total. The number of piperidine rings is 1. The Morgan fingerprint density at radius 2 is 1.97 bits per heavy atom. The summed E-state index contributed by atoms with van der Waals surface area (Å²) in [5.41, 5.74) is 0.684. The number of piperazine rings is 1. The lowest BCUT2D eigenvalue weighted by molar-refractivity contribution is -0.140. The van der Waals surface area contributed by atoms with Gasteiger partial charge in [-0.15, -0.1) is 12.4 Å². The van der Waals surface area contributed by atoms with E-state index in [1.807, 2.05) is 57.9 Å². The molecule has 0 aliphatic carbocycles. The van der Waals surface area contributed by atoms with E-state index in [0.717, 1.165) is 25.2 Å². The molecule has 156 valence electrons. The molecule has 2 unspecified atom stereocenters. The summed E-state index contributed by atoms with van der Waals surface area (Å²) >= 11 is 0. The van der Waals surface area contributed by atoms with E-state index >= 15 is 0 Å². The number of hydrogen-bond donors (Lipinski definition) is 1. The van der Waals surface area contributed by atoms with E-state index < -0.39 is 0 Å². The average Bonchev–Trinajstić information content (AvgIpc) is 3.19. The minimum Gasteiger partial charge on any atom is -0.338 e. The first-order valence-corrected chi connectivity index (χ1v) is 9.98. The van der Waals surface area contributed by atoms with Crippen molar-refractivity contribution in [3.8, 4) is 0 Å². The van der Waals surface area contributed by atoms with Crippen molar-refractivity contribution in [2.24, 2.45) is 13.0 Å². The van der Waals surface area contributed by atoms with Gasteiger partial charge in [0.15, 0.2) is 0 Å². The molecule has 29 heavy (non-hydrogen) atoms. The van der Waals surface area contributed by atoms with Crippen molar-refractivity contribution >= 4 is 24.2 Å². The Morgan fingerprint density at radius 1 is 1.17 bits per heavy atom. The van der Waals surface area contributed by atoms with Crippen molar-refractivity contribution in [2.45, 2.75) is 18.9 Å². The predicted octanol–water partition coefficient (Wildman–Crippen LogP) is 1.87. The Morgan fingerprint density at radius 3 is 2.69 bits per heavy atom. The summed E-state index contributed by atoms with van der Waals surface area (Å²) in [6.45, 7) is 3.35. The summed E-state index contributed by atoms with van der Waals surface area (Å²) < 4.78 is 1.98. The van der Waals surface area contributed by atoms with Gasteiger partial charge in [0.1, 0.15) is 11.9 Å². The lowest BCUT2D eigenvalue weighted by Crippen LogP contribution is -2.53. The summed E-state index contributed by atoms with van der Waals surface area (Å²) in [4.78, 5) is 34.5. The number of halogens is 1. The maximum Gasteiger partial charge on any atom is 0.253 e. The maximum absolute atomic E-state index is 13.4. The van der Waals surface area contributed by atoms with E-state index in [1.165, 1.54) is 0 Å². The van der Waals surface area contributed by atoms with Crippen LogP contribution >= 0.6 is 12.4 Å². The Hall–Kier alpha value is -2.38. The van der Waals surface area contributed by atoms with Gasteiger partial charge in [-0.2, -0.15) is 0 Å². The highest BCUT2D eigenvalue weighted by atomic mass is 35.5. The van der Waals surface area contributed by atoms with E-state index in [2.05, 4.69) is 10.3 Å². The SMILES string of the molecule is Cl.Cn1ccnc1C1CNCCN1C(=O)C1CCCN(C(=O)c2ccccc2)C1. The smallest absolute Gasteiger partial charge is 0.253 e. The highest BCUT2D eigenvalue weighted by molar-refractivity contribution is 5.94. The minimum atomic E-state index is -0.151. The van der Waals surface area contributed by atoms with Crippen LogP contribution in [0.3, 0.4) is 0 Å². The summed E-state index contributed by atoms with van der Waals surface area (Å²) in [6, 6.07) is 9.25. The van der Waals surface area contributed by atoms with Crippen molar-refractivity contribution in [3.63, 3.8) is 0 Å². The molecule has 1 aromatic carbocycles. The molecule has 3 heterocycles. The molecule has 2 amide bonds. The number of aryl methyl sites for hydroxylation is 1. The van der Waals surface area contributed by atoms with Crippen molar-refractivity contribution in [3.05, 3.63) is 54.1 Å². The Kier molecular flexibility index (Phi) is 6.92. The number of hydrogen-bond acceptors (Lipinski definition) is 4. The van der Waals surface area contributed by atoms with Gasteiger partial charge in [0.05, 0.1) is 5.92 Å². The molecule has 1 aromatic heterocycles. The molecule has 0 bridgehead atoms. The monoisotopic (exact) mass is 417 g/mol. The van der Waals surface area contributed by atoms with Crippen LogP contribution in [0.4, 0.5) is 0 Å². The van der Waals surface area contributed by atoms with Gasteiger partial charge in [-0.3, -0.25) is 9.59 Å². The van der Waals surface area contributed by atoms with Crippen LogP contribution in [0.2, 0.25) is 0 Å². The quantitative estimate of drug-likeness (QED) is 0.827. The van der Waals surface area contributed by atoms with Gasteiger partial charge in [0.25, 0.3) is 5.91 Å². The Bertz CT molecular complexity index is 841. The molecule has 1 N–H and O–H groups in total. The van der Waals surface area contributed by atoms with E-state index in [1.54, 1.807) is 6.20 Å². The normalized spacial score (nSPS) is 22.1. The molecule has 2 atom stereocenters. The molecule has 0 spiro atoms. The number of likely N-dealkylation sites (tertiary alicyclic amines) is 1. The van der Waals surface area contributed by atoms with E-state index in [4.69, 9.17) is 0 Å². The molecular weight excluding hydrogens is 390 g/mol. The third-order valence-corrected chi connectivity index (χ3v) is 5.76. The summed E-state index contributed by atoms with van der Waals surface area (Å²) in [5.74, 6) is 0.898. The zero-order valence-corrected chi connectivity index (χ0v) is 17.5. The van der Waals surface area contributed by atoms with Crippen LogP contribution < -0.4 is 5.32 Å². The number of imidazole rings is 1. The zero-order chi connectivity index (χ0) is 19.5. The van der Waals surface area contributed by atoms with Gasteiger partial charge < -0.3 is 19.7 Å². The minimum absolute atomic E-state index is 0. The van der Waals surface area contributed by atoms with Crippen LogP contribution in [0, 0.1) is 5.92 Å². The molecular formula is C21H28ClN5O2. The first kappa shape index (κ1) is 21.3. The number of rotatable bonds is 3. The molecule has 0 saturated carbocycles. The van der Waals surface area contributed by atoms with Gasteiger partial charge in [0.2, 0.25) is 5.91 Å². The Labute approximate surface area is 177 Å². The fourth-order valence-corrected chi connectivity index (χ4v) is 4.26. The number of nitrogens with zero attached hydrogens (tertiary/aromatic N) is 4. The first-order valence-electron chi connectivity index (χ1n) is 9.98. The van der Waals surface area contributed by atoms with Gasteiger partial charge in [0, 0.05) is 57.7 Å². The summed E-state index contributed by atoms with van der Waals surface area (Å²) in [7, 11) is 1.96. The van der Waals surface area contributed by atoms with Gasteiger partial charge in [-0.1, -0.05) is 18.2 Å². The number of amides is 2. The van der Waals surface area contributed by atoms with Crippen molar-refractivity contribution in [1.82, 2.24) is 24.7 Å². The fraction of sp³-hybridized carbons (Fsp3) is 0.476. The first-order chi connectivity index (χ1) is 13.6. The second-order valence-electron chi connectivity index (χ2n) is 7.60. The van der Waals surface area contributed by atoms with E-state index in [0.29, 0.717) is 31.7 Å².